The summed E-state index contributed by atoms with van der Waals surface area (Å²) < 4.78 is 18.8. The Morgan fingerprint density at radius 1 is 1.32 bits per heavy atom. The molecule has 0 aromatic heterocycles. The number of hydrogen-bond donors (Lipinski definition) is 2. The summed E-state index contributed by atoms with van der Waals surface area (Å²) in [4.78, 5) is 11.8. The molecule has 0 fully saturated rings. The number of hydrogen-bond acceptors (Lipinski definition) is 3. The van der Waals surface area contributed by atoms with Gasteiger partial charge in [0.15, 0.2) is 6.10 Å². The topological polar surface area (TPSA) is 64.3 Å². The molecule has 3 N–H and O–H groups in total. The highest BCUT2D eigenvalue weighted by Crippen LogP contribution is 2.25. The van der Waals surface area contributed by atoms with Crippen LogP contribution in [-0.2, 0) is 4.79 Å². The fourth-order valence-corrected chi connectivity index (χ4v) is 1.63. The van der Waals surface area contributed by atoms with Crippen molar-refractivity contribution in [1.29, 1.82) is 0 Å². The van der Waals surface area contributed by atoms with Crippen LogP contribution in [0.1, 0.15) is 39.3 Å². The Balaban J connectivity index is 2.86. The van der Waals surface area contributed by atoms with E-state index in [2.05, 4.69) is 5.32 Å². The Labute approximate surface area is 113 Å². The highest BCUT2D eigenvalue weighted by molar-refractivity contribution is 5.80. The number of rotatable bonds is 5. The summed E-state index contributed by atoms with van der Waals surface area (Å²) in [5, 5.41) is 2.74. The molecule has 5 heteroatoms. The van der Waals surface area contributed by atoms with Gasteiger partial charge < -0.3 is 15.8 Å². The van der Waals surface area contributed by atoms with E-state index >= 15 is 0 Å². The molecule has 106 valence electrons. The minimum Gasteiger partial charge on any atom is -0.480 e. The standard InChI is InChI=1S/C14H21FN2O2/c1-8(2)17-14(18)10(4)19-13-7-11(15)5-6-12(13)9(3)16/h5-10H,16H2,1-4H3,(H,17,18)/t9-,10?/m1/s1. The average molecular weight is 268 g/mol. The minimum absolute atomic E-state index is 0.0268. The summed E-state index contributed by atoms with van der Waals surface area (Å²) in [5.74, 6) is -0.354. The maximum absolute atomic E-state index is 13.3. The third-order valence-corrected chi connectivity index (χ3v) is 2.57. The first-order valence-corrected chi connectivity index (χ1v) is 6.33. The van der Waals surface area contributed by atoms with Crippen LogP contribution in [0.4, 0.5) is 4.39 Å². The number of carbonyl (C=O) groups excluding carboxylic acids is 1. The van der Waals surface area contributed by atoms with Gasteiger partial charge in [0.1, 0.15) is 11.6 Å². The fourth-order valence-electron chi connectivity index (χ4n) is 1.63. The van der Waals surface area contributed by atoms with E-state index in [1.807, 2.05) is 13.8 Å². The lowest BCUT2D eigenvalue weighted by molar-refractivity contribution is -0.127. The number of nitrogens with one attached hydrogen (secondary N) is 1. The van der Waals surface area contributed by atoms with Crippen LogP contribution in [0.5, 0.6) is 5.75 Å². The largest absolute Gasteiger partial charge is 0.480 e. The summed E-state index contributed by atoms with van der Waals surface area (Å²) in [6.07, 6.45) is -0.707. The van der Waals surface area contributed by atoms with Crippen LogP contribution in [0, 0.1) is 5.82 Å². The SMILES string of the molecule is CC(C)NC(=O)C(C)Oc1cc(F)ccc1[C@@H](C)N. The summed E-state index contributed by atoms with van der Waals surface area (Å²) >= 11 is 0. The molecule has 0 heterocycles. The van der Waals surface area contributed by atoms with Crippen LogP contribution in [0.3, 0.4) is 0 Å². The van der Waals surface area contributed by atoms with Crippen molar-refractivity contribution in [3.63, 3.8) is 0 Å². The summed E-state index contributed by atoms with van der Waals surface area (Å²) in [5.41, 5.74) is 6.47. The first kappa shape index (κ1) is 15.4. The van der Waals surface area contributed by atoms with Gasteiger partial charge >= 0.3 is 0 Å². The predicted molar refractivity (Wildman–Crippen MR) is 72.4 cm³/mol. The van der Waals surface area contributed by atoms with Gasteiger partial charge in [-0.05, 0) is 33.8 Å². The molecule has 1 aromatic carbocycles. The lowest BCUT2D eigenvalue weighted by Gasteiger charge is -2.19. The molecule has 1 aromatic rings. The van der Waals surface area contributed by atoms with Crippen LogP contribution >= 0.6 is 0 Å². The average Bonchev–Trinajstić information content (AvgIpc) is 2.27. The van der Waals surface area contributed by atoms with E-state index in [9.17, 15) is 9.18 Å². The minimum atomic E-state index is -0.707. The fraction of sp³-hybridized carbons (Fsp3) is 0.500. The Hall–Kier alpha value is -1.62. The summed E-state index contributed by atoms with van der Waals surface area (Å²) in [7, 11) is 0. The third-order valence-electron chi connectivity index (χ3n) is 2.57. The highest BCUT2D eigenvalue weighted by atomic mass is 19.1. The summed E-state index contributed by atoms with van der Waals surface area (Å²) in [6, 6.07) is 3.87. The maximum atomic E-state index is 13.3. The lowest BCUT2D eigenvalue weighted by Crippen LogP contribution is -2.40. The predicted octanol–water partition coefficient (Wildman–Crippen LogP) is 2.14. The molecule has 1 unspecified atom stereocenters. The smallest absolute Gasteiger partial charge is 0.260 e. The molecule has 0 aliphatic rings. The molecule has 0 aliphatic heterocycles. The number of ether oxygens (including phenoxy) is 1. The summed E-state index contributed by atoms with van der Waals surface area (Å²) in [6.45, 7) is 7.12. The molecule has 4 nitrogen and oxygen atoms in total. The van der Waals surface area contributed by atoms with E-state index in [0.29, 0.717) is 11.3 Å². The number of benzene rings is 1. The van der Waals surface area contributed by atoms with Crippen LogP contribution in [0.2, 0.25) is 0 Å². The molecule has 1 rings (SSSR count). The third kappa shape index (κ3) is 4.52. The quantitative estimate of drug-likeness (QED) is 0.860. The zero-order chi connectivity index (χ0) is 14.6. The van der Waals surface area contributed by atoms with E-state index < -0.39 is 11.9 Å². The monoisotopic (exact) mass is 268 g/mol. The van der Waals surface area contributed by atoms with Gasteiger partial charge in [0.2, 0.25) is 0 Å². The normalized spacial score (nSPS) is 14.1. The lowest BCUT2D eigenvalue weighted by atomic mass is 10.1. The van der Waals surface area contributed by atoms with Gasteiger partial charge in [-0.25, -0.2) is 4.39 Å². The van der Waals surface area contributed by atoms with Gasteiger partial charge in [-0.1, -0.05) is 6.07 Å². The first-order chi connectivity index (χ1) is 8.81. The van der Waals surface area contributed by atoms with E-state index in [0.717, 1.165) is 0 Å². The van der Waals surface area contributed by atoms with Crippen molar-refractivity contribution in [2.75, 3.05) is 0 Å². The molecule has 19 heavy (non-hydrogen) atoms. The molecule has 0 saturated heterocycles. The van der Waals surface area contributed by atoms with Crippen LogP contribution in [0.15, 0.2) is 18.2 Å². The number of carbonyl (C=O) groups is 1. The molecule has 0 spiro atoms. The van der Waals surface area contributed by atoms with Crippen molar-refractivity contribution in [1.82, 2.24) is 5.32 Å². The van der Waals surface area contributed by atoms with Gasteiger partial charge in [-0.3, -0.25) is 4.79 Å². The Kier molecular flexibility index (Phi) is 5.30. The van der Waals surface area contributed by atoms with E-state index in [-0.39, 0.29) is 18.0 Å². The molecule has 0 radical (unpaired) electrons. The van der Waals surface area contributed by atoms with Gasteiger partial charge in [0.05, 0.1) is 0 Å². The van der Waals surface area contributed by atoms with Gasteiger partial charge in [-0.2, -0.15) is 0 Å². The maximum Gasteiger partial charge on any atom is 0.260 e. The van der Waals surface area contributed by atoms with E-state index in [1.165, 1.54) is 12.1 Å². The second-order valence-electron chi connectivity index (χ2n) is 4.89. The van der Waals surface area contributed by atoms with Crippen molar-refractivity contribution < 1.29 is 13.9 Å². The van der Waals surface area contributed by atoms with Crippen molar-refractivity contribution in [3.05, 3.63) is 29.6 Å². The van der Waals surface area contributed by atoms with Gasteiger partial charge in [0, 0.05) is 23.7 Å². The van der Waals surface area contributed by atoms with Crippen molar-refractivity contribution in [2.24, 2.45) is 5.73 Å². The first-order valence-electron chi connectivity index (χ1n) is 6.33. The van der Waals surface area contributed by atoms with Crippen molar-refractivity contribution >= 4 is 5.91 Å². The number of nitrogens with two attached hydrogens (primary N) is 1. The molecular weight excluding hydrogens is 247 g/mol. The van der Waals surface area contributed by atoms with Crippen LogP contribution in [0.25, 0.3) is 0 Å². The molecule has 0 aliphatic carbocycles. The molecular formula is C14H21FN2O2. The zero-order valence-electron chi connectivity index (χ0n) is 11.7. The zero-order valence-corrected chi connectivity index (χ0v) is 11.7. The number of amides is 1. The van der Waals surface area contributed by atoms with Crippen molar-refractivity contribution in [2.45, 2.75) is 45.9 Å². The second kappa shape index (κ2) is 6.52. The Bertz CT molecular complexity index is 447. The van der Waals surface area contributed by atoms with Crippen LogP contribution in [-0.4, -0.2) is 18.1 Å². The van der Waals surface area contributed by atoms with Gasteiger partial charge in [-0.15, -0.1) is 0 Å². The van der Waals surface area contributed by atoms with Crippen LogP contribution < -0.4 is 15.8 Å². The van der Waals surface area contributed by atoms with E-state index in [4.69, 9.17) is 10.5 Å². The molecule has 2 atom stereocenters. The molecule has 1 amide bonds. The number of halogens is 1. The highest BCUT2D eigenvalue weighted by Gasteiger charge is 2.18. The van der Waals surface area contributed by atoms with Gasteiger partial charge in [0.25, 0.3) is 5.91 Å². The molecule has 0 saturated carbocycles. The Morgan fingerprint density at radius 3 is 2.47 bits per heavy atom. The second-order valence-corrected chi connectivity index (χ2v) is 4.89. The Morgan fingerprint density at radius 2 is 1.95 bits per heavy atom. The van der Waals surface area contributed by atoms with E-state index in [1.54, 1.807) is 19.9 Å². The van der Waals surface area contributed by atoms with Crippen molar-refractivity contribution in [3.8, 4) is 5.75 Å². The molecule has 0 bridgehead atoms.